The second-order valence-electron chi connectivity index (χ2n) is 5.25. The Balaban J connectivity index is 2.33. The van der Waals surface area contributed by atoms with Crippen LogP contribution in [0.5, 0.6) is 11.5 Å². The van der Waals surface area contributed by atoms with Crippen molar-refractivity contribution in [1.29, 1.82) is 0 Å². The molecule has 0 bridgehead atoms. The van der Waals surface area contributed by atoms with E-state index in [0.717, 1.165) is 22.4 Å². The molecule has 0 fully saturated rings. The zero-order chi connectivity index (χ0) is 14.8. The molecule has 2 rings (SSSR count). The number of benzene rings is 2. The molecule has 0 aliphatic heterocycles. The quantitative estimate of drug-likeness (QED) is 0.828. The summed E-state index contributed by atoms with van der Waals surface area (Å²) in [5, 5.41) is 10.2. The van der Waals surface area contributed by atoms with Gasteiger partial charge in [-0.05, 0) is 55.7 Å². The van der Waals surface area contributed by atoms with Crippen molar-refractivity contribution < 1.29 is 9.84 Å². The van der Waals surface area contributed by atoms with Crippen LogP contribution in [0.2, 0.25) is 0 Å². The molecule has 0 saturated carbocycles. The van der Waals surface area contributed by atoms with Gasteiger partial charge in [0.15, 0.2) is 0 Å². The second kappa shape index (κ2) is 5.51. The molecule has 0 heterocycles. The molecule has 0 aromatic heterocycles. The minimum Gasteiger partial charge on any atom is -0.457 e. The SMILES string of the molecule is C=CC(C)(O)c1cccc(Oc2cc(C)ccc2C)c1. The average molecular weight is 268 g/mol. The molecular formula is C18H20O2. The molecule has 2 aromatic rings. The van der Waals surface area contributed by atoms with Crippen molar-refractivity contribution in [1.82, 2.24) is 0 Å². The predicted octanol–water partition coefficient (Wildman–Crippen LogP) is 4.49. The summed E-state index contributed by atoms with van der Waals surface area (Å²) in [6.45, 7) is 9.41. The van der Waals surface area contributed by atoms with Crippen LogP contribution in [-0.4, -0.2) is 5.11 Å². The van der Waals surface area contributed by atoms with Crippen LogP contribution in [-0.2, 0) is 5.60 Å². The number of rotatable bonds is 4. The topological polar surface area (TPSA) is 29.5 Å². The molecule has 0 spiro atoms. The number of aryl methyl sites for hydroxylation is 2. The fourth-order valence-electron chi connectivity index (χ4n) is 1.94. The van der Waals surface area contributed by atoms with Gasteiger partial charge in [-0.1, -0.05) is 36.9 Å². The van der Waals surface area contributed by atoms with Crippen molar-refractivity contribution in [3.63, 3.8) is 0 Å². The van der Waals surface area contributed by atoms with Crippen LogP contribution in [0.3, 0.4) is 0 Å². The molecule has 20 heavy (non-hydrogen) atoms. The average Bonchev–Trinajstić information content (AvgIpc) is 2.43. The molecule has 1 N–H and O–H groups in total. The van der Waals surface area contributed by atoms with Crippen LogP contribution in [0.15, 0.2) is 55.1 Å². The Labute approximate surface area is 120 Å². The highest BCUT2D eigenvalue weighted by Crippen LogP contribution is 2.30. The van der Waals surface area contributed by atoms with Crippen molar-refractivity contribution >= 4 is 0 Å². The van der Waals surface area contributed by atoms with Gasteiger partial charge < -0.3 is 9.84 Å². The summed E-state index contributed by atoms with van der Waals surface area (Å²) in [6, 6.07) is 13.5. The Morgan fingerprint density at radius 3 is 2.60 bits per heavy atom. The molecule has 0 radical (unpaired) electrons. The van der Waals surface area contributed by atoms with Crippen molar-refractivity contribution in [2.75, 3.05) is 0 Å². The molecule has 2 nitrogen and oxygen atoms in total. The van der Waals surface area contributed by atoms with Gasteiger partial charge >= 0.3 is 0 Å². The maximum Gasteiger partial charge on any atom is 0.130 e. The Morgan fingerprint density at radius 2 is 1.90 bits per heavy atom. The van der Waals surface area contributed by atoms with Crippen molar-refractivity contribution in [3.8, 4) is 11.5 Å². The molecule has 0 amide bonds. The fourth-order valence-corrected chi connectivity index (χ4v) is 1.94. The first kappa shape index (κ1) is 14.4. The monoisotopic (exact) mass is 268 g/mol. The van der Waals surface area contributed by atoms with E-state index < -0.39 is 5.60 Å². The summed E-state index contributed by atoms with van der Waals surface area (Å²) >= 11 is 0. The first-order chi connectivity index (χ1) is 9.42. The highest BCUT2D eigenvalue weighted by atomic mass is 16.5. The number of hydrogen-bond acceptors (Lipinski definition) is 2. The first-order valence-corrected chi connectivity index (χ1v) is 6.64. The third kappa shape index (κ3) is 3.09. The van der Waals surface area contributed by atoms with Crippen LogP contribution >= 0.6 is 0 Å². The predicted molar refractivity (Wildman–Crippen MR) is 82.2 cm³/mol. The maximum absolute atomic E-state index is 10.2. The van der Waals surface area contributed by atoms with Gasteiger partial charge in [-0.15, -0.1) is 0 Å². The zero-order valence-corrected chi connectivity index (χ0v) is 12.2. The van der Waals surface area contributed by atoms with Crippen molar-refractivity contribution in [2.24, 2.45) is 0 Å². The summed E-state index contributed by atoms with van der Waals surface area (Å²) in [4.78, 5) is 0. The molecule has 0 aliphatic rings. The molecule has 2 aromatic carbocycles. The summed E-state index contributed by atoms with van der Waals surface area (Å²) in [7, 11) is 0. The molecule has 1 atom stereocenters. The van der Waals surface area contributed by atoms with E-state index in [4.69, 9.17) is 4.74 Å². The molecule has 0 saturated heterocycles. The van der Waals surface area contributed by atoms with Crippen molar-refractivity contribution in [3.05, 3.63) is 71.8 Å². The van der Waals surface area contributed by atoms with E-state index in [1.807, 2.05) is 50.2 Å². The Morgan fingerprint density at radius 1 is 1.15 bits per heavy atom. The highest BCUT2D eigenvalue weighted by molar-refractivity contribution is 5.41. The van der Waals surface area contributed by atoms with E-state index in [9.17, 15) is 5.11 Å². The lowest BCUT2D eigenvalue weighted by Gasteiger charge is -2.20. The summed E-state index contributed by atoms with van der Waals surface area (Å²) in [5.74, 6) is 1.54. The van der Waals surface area contributed by atoms with Crippen LogP contribution in [0.25, 0.3) is 0 Å². The lowest BCUT2D eigenvalue weighted by atomic mass is 9.96. The number of aliphatic hydroxyl groups is 1. The summed E-state index contributed by atoms with van der Waals surface area (Å²) in [5.41, 5.74) is 1.94. The Bertz CT molecular complexity index is 627. The first-order valence-electron chi connectivity index (χ1n) is 6.64. The standard InChI is InChI=1S/C18H20O2/c1-5-18(4,19)15-7-6-8-16(12-15)20-17-11-13(2)9-10-14(17)3/h5-12,19H,1H2,2-4H3. The molecule has 1 unspecified atom stereocenters. The third-order valence-electron chi connectivity index (χ3n) is 3.39. The minimum atomic E-state index is -1.05. The lowest BCUT2D eigenvalue weighted by molar-refractivity contribution is 0.111. The van der Waals surface area contributed by atoms with E-state index in [1.165, 1.54) is 6.08 Å². The van der Waals surface area contributed by atoms with E-state index in [2.05, 4.69) is 12.6 Å². The smallest absolute Gasteiger partial charge is 0.130 e. The zero-order valence-electron chi connectivity index (χ0n) is 12.2. The van der Waals surface area contributed by atoms with Crippen LogP contribution < -0.4 is 4.74 Å². The van der Waals surface area contributed by atoms with Gasteiger partial charge in [0.1, 0.15) is 17.1 Å². The van der Waals surface area contributed by atoms with E-state index in [0.29, 0.717) is 5.75 Å². The molecule has 0 aliphatic carbocycles. The minimum absolute atomic E-state index is 0.707. The summed E-state index contributed by atoms with van der Waals surface area (Å²) in [6.07, 6.45) is 1.52. The van der Waals surface area contributed by atoms with Gasteiger partial charge in [0.2, 0.25) is 0 Å². The lowest BCUT2D eigenvalue weighted by Crippen LogP contribution is -2.16. The molecular weight excluding hydrogens is 248 g/mol. The van der Waals surface area contributed by atoms with Crippen LogP contribution in [0, 0.1) is 13.8 Å². The fraction of sp³-hybridized carbons (Fsp3) is 0.222. The van der Waals surface area contributed by atoms with Gasteiger partial charge in [-0.2, -0.15) is 0 Å². The molecule has 2 heteroatoms. The van der Waals surface area contributed by atoms with Gasteiger partial charge in [-0.25, -0.2) is 0 Å². The number of hydrogen-bond donors (Lipinski definition) is 1. The van der Waals surface area contributed by atoms with Crippen LogP contribution in [0.4, 0.5) is 0 Å². The van der Waals surface area contributed by atoms with Gasteiger partial charge in [0, 0.05) is 0 Å². The van der Waals surface area contributed by atoms with E-state index >= 15 is 0 Å². The normalized spacial score (nSPS) is 13.6. The Kier molecular flexibility index (Phi) is 3.96. The highest BCUT2D eigenvalue weighted by Gasteiger charge is 2.18. The second-order valence-corrected chi connectivity index (χ2v) is 5.25. The van der Waals surface area contributed by atoms with E-state index in [-0.39, 0.29) is 0 Å². The van der Waals surface area contributed by atoms with E-state index in [1.54, 1.807) is 6.92 Å². The maximum atomic E-state index is 10.2. The summed E-state index contributed by atoms with van der Waals surface area (Å²) < 4.78 is 5.92. The Hall–Kier alpha value is -2.06. The van der Waals surface area contributed by atoms with Crippen LogP contribution in [0.1, 0.15) is 23.6 Å². The van der Waals surface area contributed by atoms with Gasteiger partial charge in [-0.3, -0.25) is 0 Å². The van der Waals surface area contributed by atoms with Gasteiger partial charge in [0.05, 0.1) is 0 Å². The van der Waals surface area contributed by atoms with Gasteiger partial charge in [0.25, 0.3) is 0 Å². The third-order valence-corrected chi connectivity index (χ3v) is 3.39. The largest absolute Gasteiger partial charge is 0.457 e. The van der Waals surface area contributed by atoms with Crippen molar-refractivity contribution in [2.45, 2.75) is 26.4 Å². The number of ether oxygens (including phenoxy) is 1. The molecule has 104 valence electrons.